The molecule has 78 valence electrons. The molecule has 0 aliphatic carbocycles. The zero-order chi connectivity index (χ0) is 10.6. The number of thioether (sulfide) groups is 1. The Hall–Kier alpha value is -1.05. The summed E-state index contributed by atoms with van der Waals surface area (Å²) in [4.78, 5) is 17.3. The van der Waals surface area contributed by atoms with Gasteiger partial charge in [-0.25, -0.2) is 4.98 Å². The maximum atomic E-state index is 10.9. The zero-order valence-electron chi connectivity index (χ0n) is 7.43. The average Bonchev–Trinajstić information content (AvgIpc) is 2.12. The molecule has 1 atom stereocenters. The van der Waals surface area contributed by atoms with Crippen LogP contribution in [-0.4, -0.2) is 33.5 Å². The molecule has 6 N–H and O–H groups in total. The van der Waals surface area contributed by atoms with E-state index >= 15 is 0 Å². The lowest BCUT2D eigenvalue weighted by Crippen LogP contribution is -2.22. The molecule has 0 radical (unpaired) electrons. The Morgan fingerprint density at radius 2 is 2.43 bits per heavy atom. The van der Waals surface area contributed by atoms with Crippen molar-refractivity contribution in [2.45, 2.75) is 11.3 Å². The van der Waals surface area contributed by atoms with Gasteiger partial charge >= 0.3 is 0 Å². The van der Waals surface area contributed by atoms with Crippen molar-refractivity contribution in [1.29, 1.82) is 0 Å². The third-order valence-corrected chi connectivity index (χ3v) is 2.44. The molecule has 0 aliphatic rings. The fraction of sp³-hybridized carbons (Fsp3) is 0.429. The van der Waals surface area contributed by atoms with Gasteiger partial charge < -0.3 is 21.6 Å². The van der Waals surface area contributed by atoms with E-state index in [1.165, 1.54) is 17.8 Å². The van der Waals surface area contributed by atoms with Gasteiger partial charge in [0, 0.05) is 18.4 Å². The lowest BCUT2D eigenvalue weighted by atomic mass is 10.4. The monoisotopic (exact) mass is 216 g/mol. The van der Waals surface area contributed by atoms with Gasteiger partial charge in [0.2, 0.25) is 0 Å². The van der Waals surface area contributed by atoms with E-state index in [9.17, 15) is 4.79 Å². The van der Waals surface area contributed by atoms with Crippen LogP contribution in [0.3, 0.4) is 0 Å². The minimum absolute atomic E-state index is 0.165. The molecule has 0 aromatic carbocycles. The van der Waals surface area contributed by atoms with Crippen molar-refractivity contribution in [2.24, 2.45) is 5.73 Å². The summed E-state index contributed by atoms with van der Waals surface area (Å²) in [6.45, 7) is 0.180. The van der Waals surface area contributed by atoms with Crippen LogP contribution in [0, 0.1) is 0 Å². The first kappa shape index (κ1) is 11.0. The van der Waals surface area contributed by atoms with Crippen LogP contribution < -0.4 is 17.0 Å². The molecule has 1 rings (SSSR count). The van der Waals surface area contributed by atoms with Crippen molar-refractivity contribution >= 4 is 17.6 Å². The summed E-state index contributed by atoms with van der Waals surface area (Å²) < 4.78 is 0. The minimum Gasteiger partial charge on any atom is -0.391 e. The minimum atomic E-state index is -0.605. The van der Waals surface area contributed by atoms with Crippen LogP contribution in [0.2, 0.25) is 0 Å². The van der Waals surface area contributed by atoms with E-state index in [2.05, 4.69) is 9.97 Å². The molecular weight excluding hydrogens is 204 g/mol. The SMILES string of the molecule is NCC(O)CSc1nc(N)cc(=O)[nH]1. The molecule has 0 aliphatic heterocycles. The van der Waals surface area contributed by atoms with Crippen molar-refractivity contribution in [1.82, 2.24) is 9.97 Å². The van der Waals surface area contributed by atoms with E-state index in [0.29, 0.717) is 10.9 Å². The molecule has 0 amide bonds. The van der Waals surface area contributed by atoms with Gasteiger partial charge in [0.05, 0.1) is 6.10 Å². The van der Waals surface area contributed by atoms with Gasteiger partial charge in [0.15, 0.2) is 5.16 Å². The third kappa shape index (κ3) is 3.36. The topological polar surface area (TPSA) is 118 Å². The number of aromatic nitrogens is 2. The fourth-order valence-corrected chi connectivity index (χ4v) is 1.59. The van der Waals surface area contributed by atoms with Crippen LogP contribution in [0.5, 0.6) is 0 Å². The number of nitrogens with two attached hydrogens (primary N) is 2. The highest BCUT2D eigenvalue weighted by molar-refractivity contribution is 7.99. The number of anilines is 1. The van der Waals surface area contributed by atoms with Gasteiger partial charge in [0.25, 0.3) is 5.56 Å². The number of nitrogens with one attached hydrogen (secondary N) is 1. The lowest BCUT2D eigenvalue weighted by molar-refractivity contribution is 0.208. The van der Waals surface area contributed by atoms with Gasteiger partial charge in [-0.2, -0.15) is 0 Å². The number of hydrogen-bond acceptors (Lipinski definition) is 6. The Morgan fingerprint density at radius 1 is 1.71 bits per heavy atom. The highest BCUT2D eigenvalue weighted by atomic mass is 32.2. The van der Waals surface area contributed by atoms with Gasteiger partial charge in [0.1, 0.15) is 5.82 Å². The van der Waals surface area contributed by atoms with Gasteiger partial charge in [-0.15, -0.1) is 0 Å². The van der Waals surface area contributed by atoms with Crippen LogP contribution in [-0.2, 0) is 0 Å². The van der Waals surface area contributed by atoms with Gasteiger partial charge in [-0.3, -0.25) is 4.79 Å². The van der Waals surface area contributed by atoms with Crippen LogP contribution >= 0.6 is 11.8 Å². The molecule has 0 spiro atoms. The molecule has 0 saturated carbocycles. The first-order valence-electron chi connectivity index (χ1n) is 3.99. The molecule has 0 fully saturated rings. The summed E-state index contributed by atoms with van der Waals surface area (Å²) in [5.41, 5.74) is 10.3. The number of nitrogen functional groups attached to an aromatic ring is 1. The molecular formula is C7H12N4O2S. The second-order valence-electron chi connectivity index (χ2n) is 2.68. The predicted octanol–water partition coefficient (Wildman–Crippen LogP) is -1.24. The first-order valence-corrected chi connectivity index (χ1v) is 4.98. The van der Waals surface area contributed by atoms with E-state index in [-0.39, 0.29) is 17.9 Å². The second-order valence-corrected chi connectivity index (χ2v) is 3.68. The van der Waals surface area contributed by atoms with Crippen LogP contribution in [0.25, 0.3) is 0 Å². The standard InChI is InChI=1S/C7H12N4O2S/c8-2-4(12)3-14-7-10-5(9)1-6(13)11-7/h1,4,12H,2-3,8H2,(H3,9,10,11,13). The van der Waals surface area contributed by atoms with Crippen LogP contribution in [0.15, 0.2) is 16.0 Å². The largest absolute Gasteiger partial charge is 0.391 e. The van der Waals surface area contributed by atoms with Crippen molar-refractivity contribution in [3.8, 4) is 0 Å². The number of aromatic amines is 1. The van der Waals surface area contributed by atoms with E-state index in [4.69, 9.17) is 16.6 Å². The molecule has 1 aromatic rings. The highest BCUT2D eigenvalue weighted by Gasteiger charge is 2.04. The smallest absolute Gasteiger partial charge is 0.253 e. The van der Waals surface area contributed by atoms with E-state index < -0.39 is 6.10 Å². The fourth-order valence-electron chi connectivity index (χ4n) is 0.765. The molecule has 0 bridgehead atoms. The maximum absolute atomic E-state index is 10.9. The summed E-state index contributed by atoms with van der Waals surface area (Å²) in [7, 11) is 0. The number of aliphatic hydroxyl groups excluding tert-OH is 1. The summed E-state index contributed by atoms with van der Waals surface area (Å²) in [5.74, 6) is 0.543. The molecule has 1 aromatic heterocycles. The summed E-state index contributed by atoms with van der Waals surface area (Å²) in [6, 6.07) is 1.20. The second kappa shape index (κ2) is 4.99. The Balaban J connectivity index is 2.63. The van der Waals surface area contributed by atoms with Crippen LogP contribution in [0.4, 0.5) is 5.82 Å². The quantitative estimate of drug-likeness (QED) is 0.369. The first-order chi connectivity index (χ1) is 6.61. The molecule has 7 heteroatoms. The van der Waals surface area contributed by atoms with E-state index in [1.54, 1.807) is 0 Å². The lowest BCUT2D eigenvalue weighted by Gasteiger charge is -2.05. The molecule has 0 saturated heterocycles. The third-order valence-electron chi connectivity index (χ3n) is 1.42. The molecule has 14 heavy (non-hydrogen) atoms. The summed E-state index contributed by atoms with van der Waals surface area (Å²) in [6.07, 6.45) is -0.605. The predicted molar refractivity (Wildman–Crippen MR) is 55.1 cm³/mol. The highest BCUT2D eigenvalue weighted by Crippen LogP contribution is 2.12. The van der Waals surface area contributed by atoms with Crippen molar-refractivity contribution in [3.63, 3.8) is 0 Å². The van der Waals surface area contributed by atoms with E-state index in [0.717, 1.165) is 0 Å². The summed E-state index contributed by atoms with van der Waals surface area (Å²) in [5, 5.41) is 9.55. The Bertz CT molecular complexity index is 354. The van der Waals surface area contributed by atoms with Gasteiger partial charge in [-0.1, -0.05) is 11.8 Å². The summed E-state index contributed by atoms with van der Waals surface area (Å²) >= 11 is 1.20. The number of rotatable bonds is 4. The maximum Gasteiger partial charge on any atom is 0.253 e. The Morgan fingerprint density at radius 3 is 3.00 bits per heavy atom. The Labute approximate surface area is 84.7 Å². The van der Waals surface area contributed by atoms with Crippen molar-refractivity contribution in [3.05, 3.63) is 16.4 Å². The molecule has 1 heterocycles. The number of hydrogen-bond donors (Lipinski definition) is 4. The normalized spacial score (nSPS) is 12.7. The van der Waals surface area contributed by atoms with Gasteiger partial charge in [-0.05, 0) is 0 Å². The zero-order valence-corrected chi connectivity index (χ0v) is 8.25. The molecule has 1 unspecified atom stereocenters. The van der Waals surface area contributed by atoms with E-state index in [1.807, 2.05) is 0 Å². The van der Waals surface area contributed by atoms with Crippen molar-refractivity contribution in [2.75, 3.05) is 18.0 Å². The van der Waals surface area contributed by atoms with Crippen LogP contribution in [0.1, 0.15) is 0 Å². The molecule has 6 nitrogen and oxygen atoms in total. The van der Waals surface area contributed by atoms with Crippen molar-refractivity contribution < 1.29 is 5.11 Å². The average molecular weight is 216 g/mol. The number of aliphatic hydroxyl groups is 1. The Kier molecular flexibility index (Phi) is 3.93. The number of H-pyrrole nitrogens is 1. The number of nitrogens with zero attached hydrogens (tertiary/aromatic N) is 1.